The number of likely N-dealkylation sites (tertiary alicyclic amines) is 1. The van der Waals surface area contributed by atoms with Crippen molar-refractivity contribution < 1.29 is 45.8 Å². The van der Waals surface area contributed by atoms with Crippen LogP contribution in [0.4, 0.5) is 26.3 Å². The molecule has 0 aromatic heterocycles. The third-order valence-corrected chi connectivity index (χ3v) is 3.07. The zero-order valence-corrected chi connectivity index (χ0v) is 10.4. The van der Waals surface area contributed by atoms with Gasteiger partial charge in [0.15, 0.2) is 5.41 Å². The molecule has 1 fully saturated rings. The lowest BCUT2D eigenvalue weighted by molar-refractivity contribution is -0.227. The first-order valence-electron chi connectivity index (χ1n) is 5.61. The first-order chi connectivity index (χ1) is 9.39. The van der Waals surface area contributed by atoms with Gasteiger partial charge in [0.2, 0.25) is 5.91 Å². The topological polar surface area (TPSA) is 66.8 Å². The van der Waals surface area contributed by atoms with Crippen LogP contribution >= 0.6 is 0 Å². The second kappa shape index (κ2) is 5.70. The highest BCUT2D eigenvalue weighted by Gasteiger charge is 2.64. The zero-order valence-electron chi connectivity index (χ0n) is 10.4. The fourth-order valence-corrected chi connectivity index (χ4v) is 1.90. The van der Waals surface area contributed by atoms with Crippen LogP contribution < -0.4 is 0 Å². The molecule has 0 radical (unpaired) electrons. The van der Waals surface area contributed by atoms with E-state index in [0.29, 0.717) is 4.90 Å². The van der Waals surface area contributed by atoms with Crippen LogP contribution in [0.3, 0.4) is 0 Å². The van der Waals surface area contributed by atoms with Crippen molar-refractivity contribution in [2.45, 2.75) is 18.8 Å². The number of hydrogen-bond donors (Lipinski definition) is 1. The van der Waals surface area contributed by atoms with E-state index in [1.165, 1.54) is 0 Å². The van der Waals surface area contributed by atoms with Crippen LogP contribution in [0.5, 0.6) is 0 Å². The molecule has 1 heterocycles. The van der Waals surface area contributed by atoms with Crippen LogP contribution in [0.1, 0.15) is 6.42 Å². The number of amides is 1. The maximum Gasteiger partial charge on any atom is 0.411 e. The average molecular weight is 323 g/mol. The van der Waals surface area contributed by atoms with E-state index in [1.807, 2.05) is 0 Å². The predicted octanol–water partition coefficient (Wildman–Crippen LogP) is 1.43. The van der Waals surface area contributed by atoms with Gasteiger partial charge in [-0.15, -0.1) is 0 Å². The van der Waals surface area contributed by atoms with Crippen molar-refractivity contribution in [3.8, 4) is 0 Å². The minimum absolute atomic E-state index is 0.514. The summed E-state index contributed by atoms with van der Waals surface area (Å²) < 4.78 is 77.9. The predicted molar refractivity (Wildman–Crippen MR) is 54.2 cm³/mol. The Morgan fingerprint density at radius 2 is 1.76 bits per heavy atom. The Bertz CT molecular complexity index is 421. The first-order valence-corrected chi connectivity index (χ1v) is 5.61. The summed E-state index contributed by atoms with van der Waals surface area (Å²) >= 11 is 0. The molecule has 0 spiro atoms. The van der Waals surface area contributed by atoms with E-state index in [0.717, 1.165) is 0 Å². The lowest BCUT2D eigenvalue weighted by Crippen LogP contribution is -2.48. The molecule has 21 heavy (non-hydrogen) atoms. The standard InChI is InChI=1S/C10H11F6NO4/c11-9(12,13)5-21-3-6(18)17-2-1-8(4-17,7(19)20)10(14,15)16/h1-5H2,(H,19,20). The number of rotatable bonds is 4. The van der Waals surface area contributed by atoms with Gasteiger partial charge < -0.3 is 14.7 Å². The van der Waals surface area contributed by atoms with Gasteiger partial charge in [-0.3, -0.25) is 9.59 Å². The Morgan fingerprint density at radius 3 is 2.14 bits per heavy atom. The highest BCUT2D eigenvalue weighted by Crippen LogP contribution is 2.45. The molecular weight excluding hydrogens is 312 g/mol. The van der Waals surface area contributed by atoms with Gasteiger partial charge in [0.05, 0.1) is 0 Å². The van der Waals surface area contributed by atoms with E-state index < -0.39 is 62.4 Å². The summed E-state index contributed by atoms with van der Waals surface area (Å²) in [7, 11) is 0. The second-order valence-electron chi connectivity index (χ2n) is 4.56. The number of carboxylic acid groups (broad SMARTS) is 1. The lowest BCUT2D eigenvalue weighted by atomic mass is 9.86. The van der Waals surface area contributed by atoms with Gasteiger partial charge in [-0.1, -0.05) is 0 Å². The van der Waals surface area contributed by atoms with Gasteiger partial charge in [0, 0.05) is 13.1 Å². The van der Waals surface area contributed by atoms with Crippen LogP contribution in [-0.2, 0) is 14.3 Å². The normalized spacial score (nSPS) is 23.4. The van der Waals surface area contributed by atoms with E-state index >= 15 is 0 Å². The van der Waals surface area contributed by atoms with Gasteiger partial charge in [-0.25, -0.2) is 0 Å². The first kappa shape index (κ1) is 17.5. The van der Waals surface area contributed by atoms with Crippen molar-refractivity contribution in [2.24, 2.45) is 5.41 Å². The Hall–Kier alpha value is -1.52. The maximum atomic E-state index is 12.8. The Balaban J connectivity index is 2.64. The van der Waals surface area contributed by atoms with Crippen molar-refractivity contribution in [1.29, 1.82) is 0 Å². The number of alkyl halides is 6. The highest BCUT2D eigenvalue weighted by molar-refractivity contribution is 5.82. The number of aliphatic carboxylic acids is 1. The van der Waals surface area contributed by atoms with Crippen LogP contribution in [0, 0.1) is 5.41 Å². The van der Waals surface area contributed by atoms with Gasteiger partial charge in [-0.2, -0.15) is 26.3 Å². The number of halogens is 6. The molecule has 0 aliphatic carbocycles. The van der Waals surface area contributed by atoms with Crippen molar-refractivity contribution in [1.82, 2.24) is 4.90 Å². The van der Waals surface area contributed by atoms with Gasteiger partial charge in [-0.05, 0) is 6.42 Å². The molecule has 122 valence electrons. The number of nitrogens with zero attached hydrogens (tertiary/aromatic N) is 1. The second-order valence-corrected chi connectivity index (χ2v) is 4.56. The number of hydrogen-bond acceptors (Lipinski definition) is 3. The van der Waals surface area contributed by atoms with Crippen molar-refractivity contribution in [2.75, 3.05) is 26.3 Å². The van der Waals surface area contributed by atoms with Crippen molar-refractivity contribution in [3.63, 3.8) is 0 Å². The molecule has 1 amide bonds. The fraction of sp³-hybridized carbons (Fsp3) is 0.800. The molecule has 5 nitrogen and oxygen atoms in total. The van der Waals surface area contributed by atoms with Crippen molar-refractivity contribution in [3.05, 3.63) is 0 Å². The smallest absolute Gasteiger partial charge is 0.411 e. The van der Waals surface area contributed by atoms with Crippen LogP contribution in [0.25, 0.3) is 0 Å². The lowest BCUT2D eigenvalue weighted by Gasteiger charge is -2.27. The fourth-order valence-electron chi connectivity index (χ4n) is 1.90. The third kappa shape index (κ3) is 3.99. The average Bonchev–Trinajstić information content (AvgIpc) is 2.72. The van der Waals surface area contributed by atoms with E-state index in [1.54, 1.807) is 0 Å². The SMILES string of the molecule is O=C(COCC(F)(F)F)N1CCC(C(=O)O)(C(F)(F)F)C1. The van der Waals surface area contributed by atoms with E-state index in [9.17, 15) is 35.9 Å². The number of carboxylic acids is 1. The largest absolute Gasteiger partial charge is 0.481 e. The van der Waals surface area contributed by atoms with E-state index in [2.05, 4.69) is 4.74 Å². The number of carbonyl (C=O) groups is 2. The molecular formula is C10H11F6NO4. The third-order valence-electron chi connectivity index (χ3n) is 3.07. The summed E-state index contributed by atoms with van der Waals surface area (Å²) in [5, 5.41) is 8.74. The summed E-state index contributed by atoms with van der Waals surface area (Å²) in [6.45, 7) is -4.43. The maximum absolute atomic E-state index is 12.8. The van der Waals surface area contributed by atoms with Gasteiger partial charge in [0.25, 0.3) is 0 Å². The number of ether oxygens (including phenoxy) is 1. The molecule has 1 saturated heterocycles. The molecule has 0 saturated carbocycles. The summed E-state index contributed by atoms with van der Waals surface area (Å²) in [6, 6.07) is 0. The summed E-state index contributed by atoms with van der Waals surface area (Å²) in [6.07, 6.45) is -10.6. The van der Waals surface area contributed by atoms with Crippen LogP contribution in [0.15, 0.2) is 0 Å². The van der Waals surface area contributed by atoms with E-state index in [4.69, 9.17) is 5.11 Å². The number of carbonyl (C=O) groups excluding carboxylic acids is 1. The summed E-state index contributed by atoms with van der Waals surface area (Å²) in [4.78, 5) is 22.8. The van der Waals surface area contributed by atoms with Crippen LogP contribution in [-0.4, -0.2) is 60.5 Å². The Labute approximate surface area is 114 Å². The molecule has 1 atom stereocenters. The minimum atomic E-state index is -5.07. The molecule has 0 aromatic carbocycles. The monoisotopic (exact) mass is 323 g/mol. The van der Waals surface area contributed by atoms with Crippen molar-refractivity contribution >= 4 is 11.9 Å². The van der Waals surface area contributed by atoms with Gasteiger partial charge >= 0.3 is 18.3 Å². The Morgan fingerprint density at radius 1 is 1.19 bits per heavy atom. The summed E-state index contributed by atoms with van der Waals surface area (Å²) in [5.41, 5.74) is -3.09. The molecule has 1 aliphatic heterocycles. The molecule has 0 aromatic rings. The van der Waals surface area contributed by atoms with Gasteiger partial charge in [0.1, 0.15) is 13.2 Å². The summed E-state index contributed by atoms with van der Waals surface area (Å²) in [5.74, 6) is -3.24. The molecule has 1 aliphatic rings. The molecule has 1 N–H and O–H groups in total. The molecule has 1 unspecified atom stereocenters. The van der Waals surface area contributed by atoms with E-state index in [-0.39, 0.29) is 0 Å². The highest BCUT2D eigenvalue weighted by atomic mass is 19.4. The van der Waals surface area contributed by atoms with Crippen LogP contribution in [0.2, 0.25) is 0 Å². The minimum Gasteiger partial charge on any atom is -0.481 e. The quantitative estimate of drug-likeness (QED) is 0.795. The molecule has 1 rings (SSSR count). The molecule has 11 heteroatoms. The Kier molecular flexibility index (Phi) is 4.76. The molecule has 0 bridgehead atoms. The zero-order chi connectivity index (χ0) is 16.5.